The molecule has 0 aromatic heterocycles. The van der Waals surface area contributed by atoms with Gasteiger partial charge in [0.15, 0.2) is 0 Å². The standard InChI is InChI=1S/C16H20N2O/c1-13-6-5-7-14(12-13)17-10-11-18-15-8-3-4-9-16(15)19-2/h3-9,12,17-18H,10-11H2,1-2H3. The van der Waals surface area contributed by atoms with E-state index in [9.17, 15) is 0 Å². The molecule has 0 aliphatic carbocycles. The van der Waals surface area contributed by atoms with Gasteiger partial charge in [0.25, 0.3) is 0 Å². The molecule has 0 unspecified atom stereocenters. The highest BCUT2D eigenvalue weighted by atomic mass is 16.5. The van der Waals surface area contributed by atoms with Gasteiger partial charge in [-0.1, -0.05) is 24.3 Å². The zero-order valence-electron chi connectivity index (χ0n) is 11.4. The van der Waals surface area contributed by atoms with E-state index in [1.807, 2.05) is 24.3 Å². The van der Waals surface area contributed by atoms with Crippen molar-refractivity contribution >= 4 is 11.4 Å². The van der Waals surface area contributed by atoms with Crippen molar-refractivity contribution in [2.75, 3.05) is 30.8 Å². The van der Waals surface area contributed by atoms with Crippen LogP contribution in [0.5, 0.6) is 5.75 Å². The fourth-order valence-corrected chi connectivity index (χ4v) is 1.95. The van der Waals surface area contributed by atoms with Gasteiger partial charge in [-0.05, 0) is 36.8 Å². The number of benzene rings is 2. The van der Waals surface area contributed by atoms with E-state index in [-0.39, 0.29) is 0 Å². The van der Waals surface area contributed by atoms with Gasteiger partial charge in [0, 0.05) is 18.8 Å². The fraction of sp³-hybridized carbons (Fsp3) is 0.250. The average molecular weight is 256 g/mol. The number of hydrogen-bond acceptors (Lipinski definition) is 3. The topological polar surface area (TPSA) is 33.3 Å². The molecular weight excluding hydrogens is 236 g/mol. The molecule has 2 aromatic carbocycles. The van der Waals surface area contributed by atoms with E-state index in [0.29, 0.717) is 0 Å². The third-order valence-corrected chi connectivity index (χ3v) is 2.89. The van der Waals surface area contributed by atoms with Crippen molar-refractivity contribution in [1.82, 2.24) is 0 Å². The summed E-state index contributed by atoms with van der Waals surface area (Å²) in [5.74, 6) is 0.873. The fourth-order valence-electron chi connectivity index (χ4n) is 1.95. The molecule has 0 fully saturated rings. The lowest BCUT2D eigenvalue weighted by molar-refractivity contribution is 0.416. The molecule has 0 aliphatic heterocycles. The largest absolute Gasteiger partial charge is 0.495 e. The first-order valence-corrected chi connectivity index (χ1v) is 6.47. The molecule has 3 heteroatoms. The maximum Gasteiger partial charge on any atom is 0.141 e. The zero-order chi connectivity index (χ0) is 13.5. The van der Waals surface area contributed by atoms with E-state index in [1.165, 1.54) is 5.56 Å². The number of aryl methyl sites for hydroxylation is 1. The Morgan fingerprint density at radius 3 is 2.53 bits per heavy atom. The first-order chi connectivity index (χ1) is 9.29. The van der Waals surface area contributed by atoms with Crippen LogP contribution < -0.4 is 15.4 Å². The van der Waals surface area contributed by atoms with Crippen LogP contribution >= 0.6 is 0 Å². The Kier molecular flexibility index (Phi) is 4.67. The van der Waals surface area contributed by atoms with Gasteiger partial charge in [0.1, 0.15) is 5.75 Å². The van der Waals surface area contributed by atoms with E-state index < -0.39 is 0 Å². The van der Waals surface area contributed by atoms with Crippen molar-refractivity contribution in [2.45, 2.75) is 6.92 Å². The Morgan fingerprint density at radius 1 is 0.947 bits per heavy atom. The summed E-state index contributed by atoms with van der Waals surface area (Å²) in [6, 6.07) is 16.3. The number of methoxy groups -OCH3 is 1. The van der Waals surface area contributed by atoms with Crippen molar-refractivity contribution < 1.29 is 4.74 Å². The Hall–Kier alpha value is -2.16. The molecule has 0 heterocycles. The molecule has 0 saturated carbocycles. The van der Waals surface area contributed by atoms with Crippen LogP contribution in [0.15, 0.2) is 48.5 Å². The van der Waals surface area contributed by atoms with Crippen LogP contribution in [0, 0.1) is 6.92 Å². The Balaban J connectivity index is 1.81. The SMILES string of the molecule is COc1ccccc1NCCNc1cccc(C)c1. The van der Waals surface area contributed by atoms with Gasteiger partial charge in [-0.3, -0.25) is 0 Å². The van der Waals surface area contributed by atoms with Gasteiger partial charge in [-0.25, -0.2) is 0 Å². The Bertz CT molecular complexity index is 526. The van der Waals surface area contributed by atoms with Crippen molar-refractivity contribution in [3.8, 4) is 5.75 Å². The van der Waals surface area contributed by atoms with Crippen LogP contribution in [0.25, 0.3) is 0 Å². The molecular formula is C16H20N2O. The number of para-hydroxylation sites is 2. The number of hydrogen-bond donors (Lipinski definition) is 2. The number of rotatable bonds is 6. The molecule has 100 valence electrons. The van der Waals surface area contributed by atoms with E-state index in [2.05, 4.69) is 41.8 Å². The summed E-state index contributed by atoms with van der Waals surface area (Å²) in [5.41, 5.74) is 3.44. The van der Waals surface area contributed by atoms with Gasteiger partial charge < -0.3 is 15.4 Å². The summed E-state index contributed by atoms with van der Waals surface area (Å²) >= 11 is 0. The Morgan fingerprint density at radius 2 is 1.74 bits per heavy atom. The molecule has 0 aliphatic rings. The molecule has 0 bridgehead atoms. The van der Waals surface area contributed by atoms with Crippen LogP contribution in [0.4, 0.5) is 11.4 Å². The number of anilines is 2. The maximum atomic E-state index is 5.29. The van der Waals surface area contributed by atoms with Crippen molar-refractivity contribution in [2.24, 2.45) is 0 Å². The average Bonchev–Trinajstić information content (AvgIpc) is 2.44. The van der Waals surface area contributed by atoms with Gasteiger partial charge in [0.05, 0.1) is 12.8 Å². The summed E-state index contributed by atoms with van der Waals surface area (Å²) in [6.07, 6.45) is 0. The van der Waals surface area contributed by atoms with E-state index in [1.54, 1.807) is 7.11 Å². The predicted octanol–water partition coefficient (Wildman–Crippen LogP) is 3.53. The second-order valence-electron chi connectivity index (χ2n) is 4.42. The summed E-state index contributed by atoms with van der Waals surface area (Å²) in [6.45, 7) is 3.80. The van der Waals surface area contributed by atoms with Gasteiger partial charge in [-0.15, -0.1) is 0 Å². The lowest BCUT2D eigenvalue weighted by Gasteiger charge is -2.12. The molecule has 2 rings (SSSR count). The summed E-state index contributed by atoms with van der Waals surface area (Å²) in [4.78, 5) is 0. The van der Waals surface area contributed by atoms with E-state index in [4.69, 9.17) is 4.74 Å². The molecule has 0 amide bonds. The molecule has 2 N–H and O–H groups in total. The molecule has 0 saturated heterocycles. The molecule has 0 radical (unpaired) electrons. The van der Waals surface area contributed by atoms with E-state index >= 15 is 0 Å². The summed E-state index contributed by atoms with van der Waals surface area (Å²) in [7, 11) is 1.69. The molecule has 0 atom stereocenters. The molecule has 0 spiro atoms. The second-order valence-corrected chi connectivity index (χ2v) is 4.42. The molecule has 2 aromatic rings. The third kappa shape index (κ3) is 3.91. The van der Waals surface area contributed by atoms with Crippen LogP contribution in [-0.4, -0.2) is 20.2 Å². The van der Waals surface area contributed by atoms with Crippen LogP contribution in [0.2, 0.25) is 0 Å². The van der Waals surface area contributed by atoms with Crippen molar-refractivity contribution in [3.05, 3.63) is 54.1 Å². The first kappa shape index (κ1) is 13.3. The van der Waals surface area contributed by atoms with Gasteiger partial charge >= 0.3 is 0 Å². The highest BCUT2D eigenvalue weighted by molar-refractivity contribution is 5.56. The van der Waals surface area contributed by atoms with Crippen molar-refractivity contribution in [3.63, 3.8) is 0 Å². The van der Waals surface area contributed by atoms with Gasteiger partial charge in [0.2, 0.25) is 0 Å². The third-order valence-electron chi connectivity index (χ3n) is 2.89. The first-order valence-electron chi connectivity index (χ1n) is 6.47. The number of ether oxygens (including phenoxy) is 1. The highest BCUT2D eigenvalue weighted by Crippen LogP contribution is 2.22. The minimum Gasteiger partial charge on any atom is -0.495 e. The minimum atomic E-state index is 0.842. The number of nitrogens with one attached hydrogen (secondary N) is 2. The minimum absolute atomic E-state index is 0.842. The molecule has 19 heavy (non-hydrogen) atoms. The molecule has 3 nitrogen and oxygen atoms in total. The summed E-state index contributed by atoms with van der Waals surface area (Å²) in [5, 5.41) is 6.75. The maximum absolute atomic E-state index is 5.29. The van der Waals surface area contributed by atoms with Gasteiger partial charge in [-0.2, -0.15) is 0 Å². The second kappa shape index (κ2) is 6.69. The monoisotopic (exact) mass is 256 g/mol. The predicted molar refractivity (Wildman–Crippen MR) is 81.2 cm³/mol. The lowest BCUT2D eigenvalue weighted by atomic mass is 10.2. The van der Waals surface area contributed by atoms with Crippen LogP contribution in [0.3, 0.4) is 0 Å². The summed E-state index contributed by atoms with van der Waals surface area (Å²) < 4.78 is 5.29. The van der Waals surface area contributed by atoms with Crippen LogP contribution in [-0.2, 0) is 0 Å². The smallest absolute Gasteiger partial charge is 0.141 e. The highest BCUT2D eigenvalue weighted by Gasteiger charge is 1.99. The zero-order valence-corrected chi connectivity index (χ0v) is 11.4. The van der Waals surface area contributed by atoms with E-state index in [0.717, 1.165) is 30.2 Å². The lowest BCUT2D eigenvalue weighted by Crippen LogP contribution is -2.14. The van der Waals surface area contributed by atoms with Crippen LogP contribution in [0.1, 0.15) is 5.56 Å². The van der Waals surface area contributed by atoms with Crippen molar-refractivity contribution in [1.29, 1.82) is 0 Å². The quantitative estimate of drug-likeness (QED) is 0.776. The Labute approximate surface area is 114 Å². The normalized spacial score (nSPS) is 10.0.